The Bertz CT molecular complexity index is 895. The molecule has 0 aliphatic carbocycles. The third kappa shape index (κ3) is 10.5. The maximum atomic E-state index is 13.1. The predicted molar refractivity (Wildman–Crippen MR) is 133 cm³/mol. The summed E-state index contributed by atoms with van der Waals surface area (Å²) in [7, 11) is 0. The van der Waals surface area contributed by atoms with Gasteiger partial charge in [0.05, 0.1) is 5.56 Å². The molecule has 0 bridgehead atoms. The number of carbonyl (C=O) groups is 4. The van der Waals surface area contributed by atoms with Crippen LogP contribution in [0.1, 0.15) is 63.7 Å². The van der Waals surface area contributed by atoms with Crippen molar-refractivity contribution in [3.05, 3.63) is 28.8 Å². The first-order valence-corrected chi connectivity index (χ1v) is 12.0. The van der Waals surface area contributed by atoms with Crippen molar-refractivity contribution in [3.63, 3.8) is 0 Å². The summed E-state index contributed by atoms with van der Waals surface area (Å²) >= 11 is 6.08. The van der Waals surface area contributed by atoms with Crippen molar-refractivity contribution < 1.29 is 29.0 Å². The number of benzene rings is 1. The summed E-state index contributed by atoms with van der Waals surface area (Å²) in [6.07, 6.45) is 0.939. The number of carboxylic acid groups (broad SMARTS) is 1. The lowest BCUT2D eigenvalue weighted by molar-refractivity contribution is -0.143. The minimum Gasteiger partial charge on any atom is -0.491 e. The van der Waals surface area contributed by atoms with Gasteiger partial charge in [0, 0.05) is 17.5 Å². The van der Waals surface area contributed by atoms with Gasteiger partial charge < -0.3 is 31.9 Å². The lowest BCUT2D eigenvalue weighted by atomic mass is 9.98. The standard InChI is InChI=1S/C24H37ClN4O6/c1-5-14(4)21(24(33)34)29-23(32)18(8-9-20(27)30)28-22(31)17-7-6-15(25)11-19(17)35-12-16(26)10-13(2)3/h6-7,11,13-14,16,18,21H,5,8-10,12,26H2,1-4H3,(H2,27,30)(H,28,31)(H,29,32)(H,33,34)/t14-,16+,18-,21-/m0/s1. The van der Waals surface area contributed by atoms with E-state index in [1.54, 1.807) is 13.8 Å². The second-order valence-corrected chi connectivity index (χ2v) is 9.52. The van der Waals surface area contributed by atoms with E-state index in [0.29, 0.717) is 17.4 Å². The highest BCUT2D eigenvalue weighted by molar-refractivity contribution is 6.30. The average molecular weight is 513 g/mol. The Morgan fingerprint density at radius 2 is 1.80 bits per heavy atom. The number of primary amides is 1. The summed E-state index contributed by atoms with van der Waals surface area (Å²) in [5.41, 5.74) is 11.4. The largest absolute Gasteiger partial charge is 0.491 e. The molecule has 0 aliphatic heterocycles. The first-order chi connectivity index (χ1) is 16.3. The first kappa shape index (κ1) is 30.2. The molecule has 0 spiro atoms. The molecule has 0 unspecified atom stereocenters. The number of carbonyl (C=O) groups excluding carboxylic acids is 3. The molecule has 0 saturated carbocycles. The molecule has 1 aromatic carbocycles. The summed E-state index contributed by atoms with van der Waals surface area (Å²) in [5, 5.41) is 14.9. The highest BCUT2D eigenvalue weighted by Crippen LogP contribution is 2.24. The van der Waals surface area contributed by atoms with Crippen molar-refractivity contribution in [3.8, 4) is 5.75 Å². The van der Waals surface area contributed by atoms with Gasteiger partial charge in [-0.15, -0.1) is 0 Å². The molecule has 196 valence electrons. The molecule has 11 heteroatoms. The molecule has 0 radical (unpaired) electrons. The molecule has 4 atom stereocenters. The van der Waals surface area contributed by atoms with E-state index in [1.807, 2.05) is 13.8 Å². The number of hydrogen-bond acceptors (Lipinski definition) is 6. The Morgan fingerprint density at radius 1 is 1.14 bits per heavy atom. The number of hydrogen-bond donors (Lipinski definition) is 5. The van der Waals surface area contributed by atoms with Gasteiger partial charge in [0.15, 0.2) is 0 Å². The predicted octanol–water partition coefficient (Wildman–Crippen LogP) is 2.07. The SMILES string of the molecule is CC[C@H](C)[C@H](NC(=O)[C@H](CCC(N)=O)NC(=O)c1ccc(Cl)cc1OC[C@H](N)CC(C)C)C(=O)O. The minimum absolute atomic E-state index is 0.108. The van der Waals surface area contributed by atoms with Gasteiger partial charge in [-0.3, -0.25) is 14.4 Å². The van der Waals surface area contributed by atoms with Crippen molar-refractivity contribution in [2.45, 2.75) is 71.5 Å². The molecular weight excluding hydrogens is 476 g/mol. The fourth-order valence-corrected chi connectivity index (χ4v) is 3.56. The smallest absolute Gasteiger partial charge is 0.326 e. The van der Waals surface area contributed by atoms with Crippen LogP contribution in [0.25, 0.3) is 0 Å². The monoisotopic (exact) mass is 512 g/mol. The van der Waals surface area contributed by atoms with Gasteiger partial charge in [-0.2, -0.15) is 0 Å². The fraction of sp³-hybridized carbons (Fsp3) is 0.583. The zero-order chi connectivity index (χ0) is 26.7. The Morgan fingerprint density at radius 3 is 2.34 bits per heavy atom. The van der Waals surface area contributed by atoms with Gasteiger partial charge in [0.2, 0.25) is 11.8 Å². The van der Waals surface area contributed by atoms with Crippen molar-refractivity contribution in [1.82, 2.24) is 10.6 Å². The van der Waals surface area contributed by atoms with E-state index in [2.05, 4.69) is 10.6 Å². The van der Waals surface area contributed by atoms with Crippen molar-refractivity contribution in [1.29, 1.82) is 0 Å². The van der Waals surface area contributed by atoms with E-state index < -0.39 is 35.8 Å². The minimum atomic E-state index is -1.20. The van der Waals surface area contributed by atoms with Crippen molar-refractivity contribution >= 4 is 35.3 Å². The molecule has 0 aliphatic rings. The van der Waals surface area contributed by atoms with Crippen LogP contribution in [0.15, 0.2) is 18.2 Å². The Kier molecular flexibility index (Phi) is 12.5. The molecule has 1 aromatic rings. The number of aliphatic carboxylic acids is 1. The first-order valence-electron chi connectivity index (χ1n) is 11.7. The number of halogens is 1. The Hall–Kier alpha value is -2.85. The van der Waals surface area contributed by atoms with Crippen LogP contribution in [0.4, 0.5) is 0 Å². The second-order valence-electron chi connectivity index (χ2n) is 9.08. The molecule has 0 aromatic heterocycles. The van der Waals surface area contributed by atoms with E-state index in [0.717, 1.165) is 6.42 Å². The van der Waals surface area contributed by atoms with E-state index in [4.69, 9.17) is 27.8 Å². The second kappa shape index (κ2) is 14.5. The number of carboxylic acids is 1. The molecule has 0 heterocycles. The zero-order valence-electron chi connectivity index (χ0n) is 20.7. The van der Waals surface area contributed by atoms with E-state index in [9.17, 15) is 24.3 Å². The van der Waals surface area contributed by atoms with Gasteiger partial charge >= 0.3 is 5.97 Å². The molecule has 35 heavy (non-hydrogen) atoms. The molecular formula is C24H37ClN4O6. The van der Waals surface area contributed by atoms with Crippen LogP contribution in [0, 0.1) is 11.8 Å². The summed E-state index contributed by atoms with van der Waals surface area (Å²) in [4.78, 5) is 48.9. The van der Waals surface area contributed by atoms with Crippen LogP contribution in [0.3, 0.4) is 0 Å². The molecule has 0 saturated heterocycles. The van der Waals surface area contributed by atoms with E-state index in [-0.39, 0.29) is 42.7 Å². The Labute approximate surface area is 211 Å². The topological polar surface area (TPSA) is 174 Å². The van der Waals surface area contributed by atoms with Crippen LogP contribution >= 0.6 is 11.6 Å². The van der Waals surface area contributed by atoms with E-state index in [1.165, 1.54) is 18.2 Å². The highest BCUT2D eigenvalue weighted by atomic mass is 35.5. The van der Waals surface area contributed by atoms with Crippen LogP contribution in [-0.4, -0.2) is 53.5 Å². The number of rotatable bonds is 15. The highest BCUT2D eigenvalue weighted by Gasteiger charge is 2.30. The van der Waals surface area contributed by atoms with Gasteiger partial charge in [0.25, 0.3) is 5.91 Å². The average Bonchev–Trinajstić information content (AvgIpc) is 2.77. The van der Waals surface area contributed by atoms with Crippen molar-refractivity contribution in [2.24, 2.45) is 23.3 Å². The van der Waals surface area contributed by atoms with Gasteiger partial charge in [-0.25, -0.2) is 4.79 Å². The summed E-state index contributed by atoms with van der Waals surface area (Å²) < 4.78 is 5.76. The van der Waals surface area contributed by atoms with Crippen LogP contribution in [0.2, 0.25) is 5.02 Å². The molecule has 10 nitrogen and oxygen atoms in total. The number of ether oxygens (including phenoxy) is 1. The quantitative estimate of drug-likeness (QED) is 0.239. The third-order valence-corrected chi connectivity index (χ3v) is 5.73. The number of amides is 3. The lowest BCUT2D eigenvalue weighted by Gasteiger charge is -2.24. The maximum absolute atomic E-state index is 13.1. The fourth-order valence-electron chi connectivity index (χ4n) is 3.40. The number of nitrogens with one attached hydrogen (secondary N) is 2. The van der Waals surface area contributed by atoms with Crippen molar-refractivity contribution in [2.75, 3.05) is 6.61 Å². The summed E-state index contributed by atoms with van der Waals surface area (Å²) in [5.74, 6) is -3.05. The summed E-state index contributed by atoms with van der Waals surface area (Å²) in [6, 6.07) is 1.81. The van der Waals surface area contributed by atoms with Gasteiger partial charge in [-0.05, 0) is 42.9 Å². The molecule has 3 amide bonds. The van der Waals surface area contributed by atoms with Gasteiger partial charge in [0.1, 0.15) is 24.4 Å². The van der Waals surface area contributed by atoms with Crippen LogP contribution in [0.5, 0.6) is 5.75 Å². The lowest BCUT2D eigenvalue weighted by Crippen LogP contribution is -2.53. The van der Waals surface area contributed by atoms with Gasteiger partial charge in [-0.1, -0.05) is 45.7 Å². The summed E-state index contributed by atoms with van der Waals surface area (Å²) in [6.45, 7) is 7.71. The maximum Gasteiger partial charge on any atom is 0.326 e. The third-order valence-electron chi connectivity index (χ3n) is 5.49. The van der Waals surface area contributed by atoms with Crippen LogP contribution < -0.4 is 26.8 Å². The molecule has 7 N–H and O–H groups in total. The Balaban J connectivity index is 3.09. The normalized spacial score (nSPS) is 14.5. The van der Waals surface area contributed by atoms with Crippen LogP contribution in [-0.2, 0) is 14.4 Å². The molecule has 0 fully saturated rings. The molecule has 1 rings (SSSR count). The van der Waals surface area contributed by atoms with E-state index >= 15 is 0 Å². The number of nitrogens with two attached hydrogens (primary N) is 2. The zero-order valence-corrected chi connectivity index (χ0v) is 21.4.